The average molecular weight is 260 g/mol. The molecule has 1 fully saturated rings. The molecule has 0 amide bonds. The molecule has 0 unspecified atom stereocenters. The van der Waals surface area contributed by atoms with Crippen LogP contribution >= 0.6 is 0 Å². The maximum atomic E-state index is 12.7. The first-order chi connectivity index (χ1) is 8.48. The Balaban J connectivity index is 2.19. The smallest absolute Gasteiger partial charge is 0.350 e. The zero-order valence-corrected chi connectivity index (χ0v) is 9.37. The number of Topliss-reactive ketones (excluding diaryl/α,β-unsaturated/α-hetero) is 1. The summed E-state index contributed by atoms with van der Waals surface area (Å²) >= 11 is 0. The summed E-state index contributed by atoms with van der Waals surface area (Å²) in [5.41, 5.74) is -1.27. The van der Waals surface area contributed by atoms with Crippen molar-refractivity contribution in [3.05, 3.63) is 35.4 Å². The van der Waals surface area contributed by atoms with Crippen molar-refractivity contribution in [3.63, 3.8) is 0 Å². The van der Waals surface area contributed by atoms with E-state index in [1.165, 1.54) is 18.2 Å². The molecule has 0 radical (unpaired) electrons. The lowest BCUT2D eigenvalue weighted by Crippen LogP contribution is -2.18. The molecule has 2 rings (SSSR count). The van der Waals surface area contributed by atoms with Crippen LogP contribution in [0.15, 0.2) is 24.3 Å². The minimum absolute atomic E-state index is 0.201. The van der Waals surface area contributed by atoms with Gasteiger partial charge in [0.15, 0.2) is 12.1 Å². The lowest BCUT2D eigenvalue weighted by Gasteiger charge is -2.13. The number of ether oxygens (including phenoxy) is 2. The quantitative estimate of drug-likeness (QED) is 0.784. The lowest BCUT2D eigenvalue weighted by atomic mass is 10.0. The SMILES string of the molecule is O=C(CC1OCCO1)c1ccccc1C(F)(F)F. The van der Waals surface area contributed by atoms with Crippen molar-refractivity contribution in [2.75, 3.05) is 13.2 Å². The van der Waals surface area contributed by atoms with Gasteiger partial charge in [0.1, 0.15) is 0 Å². The van der Waals surface area contributed by atoms with Gasteiger partial charge in [0.25, 0.3) is 0 Å². The molecule has 98 valence electrons. The molecule has 6 heteroatoms. The minimum Gasteiger partial charge on any atom is -0.350 e. The molecular weight excluding hydrogens is 249 g/mol. The molecular formula is C12H11F3O3. The fourth-order valence-electron chi connectivity index (χ4n) is 1.76. The maximum Gasteiger partial charge on any atom is 0.417 e. The van der Waals surface area contributed by atoms with E-state index >= 15 is 0 Å². The number of hydrogen-bond acceptors (Lipinski definition) is 3. The first-order valence-electron chi connectivity index (χ1n) is 5.41. The Morgan fingerprint density at radius 3 is 2.44 bits per heavy atom. The van der Waals surface area contributed by atoms with Crippen molar-refractivity contribution in [1.82, 2.24) is 0 Å². The highest BCUT2D eigenvalue weighted by atomic mass is 19.4. The molecule has 0 aromatic heterocycles. The Labute approximate surface area is 102 Å². The Hall–Kier alpha value is -1.40. The second kappa shape index (κ2) is 5.07. The number of benzene rings is 1. The van der Waals surface area contributed by atoms with E-state index in [2.05, 4.69) is 0 Å². The summed E-state index contributed by atoms with van der Waals surface area (Å²) in [5.74, 6) is -0.630. The summed E-state index contributed by atoms with van der Waals surface area (Å²) in [5, 5.41) is 0. The van der Waals surface area contributed by atoms with Crippen LogP contribution in [0.25, 0.3) is 0 Å². The third-order valence-electron chi connectivity index (χ3n) is 2.58. The maximum absolute atomic E-state index is 12.7. The van der Waals surface area contributed by atoms with E-state index in [0.29, 0.717) is 13.2 Å². The Bertz CT molecular complexity index is 436. The zero-order valence-electron chi connectivity index (χ0n) is 9.37. The molecule has 0 saturated carbocycles. The van der Waals surface area contributed by atoms with E-state index < -0.39 is 23.8 Å². The van der Waals surface area contributed by atoms with E-state index in [0.717, 1.165) is 6.07 Å². The molecule has 0 atom stereocenters. The van der Waals surface area contributed by atoms with Crippen molar-refractivity contribution < 1.29 is 27.4 Å². The van der Waals surface area contributed by atoms with Crippen molar-refractivity contribution in [3.8, 4) is 0 Å². The predicted molar refractivity (Wildman–Crippen MR) is 56.1 cm³/mol. The number of hydrogen-bond donors (Lipinski definition) is 0. The van der Waals surface area contributed by atoms with Gasteiger partial charge in [-0.3, -0.25) is 4.79 Å². The van der Waals surface area contributed by atoms with Gasteiger partial charge in [0.05, 0.1) is 25.2 Å². The molecule has 1 heterocycles. The topological polar surface area (TPSA) is 35.5 Å². The largest absolute Gasteiger partial charge is 0.417 e. The predicted octanol–water partition coefficient (Wildman–Crippen LogP) is 2.65. The van der Waals surface area contributed by atoms with Gasteiger partial charge in [0, 0.05) is 5.56 Å². The van der Waals surface area contributed by atoms with Gasteiger partial charge >= 0.3 is 6.18 Å². The van der Waals surface area contributed by atoms with Crippen LogP contribution < -0.4 is 0 Å². The Morgan fingerprint density at radius 1 is 1.22 bits per heavy atom. The van der Waals surface area contributed by atoms with Crippen molar-refractivity contribution in [1.29, 1.82) is 0 Å². The molecule has 1 aliphatic rings. The number of ketones is 1. The molecule has 0 aliphatic carbocycles. The molecule has 1 aromatic rings. The number of alkyl halides is 3. The second-order valence-electron chi connectivity index (χ2n) is 3.84. The van der Waals surface area contributed by atoms with Gasteiger partial charge in [-0.15, -0.1) is 0 Å². The second-order valence-corrected chi connectivity index (χ2v) is 3.84. The molecule has 18 heavy (non-hydrogen) atoms. The molecule has 1 saturated heterocycles. The summed E-state index contributed by atoms with van der Waals surface area (Å²) in [6.07, 6.45) is -5.48. The van der Waals surface area contributed by atoms with Crippen LogP contribution in [0.2, 0.25) is 0 Å². The van der Waals surface area contributed by atoms with Gasteiger partial charge < -0.3 is 9.47 Å². The van der Waals surface area contributed by atoms with Gasteiger partial charge in [-0.2, -0.15) is 13.2 Å². The summed E-state index contributed by atoms with van der Waals surface area (Å²) in [4.78, 5) is 11.8. The lowest BCUT2D eigenvalue weighted by molar-refractivity contribution is -0.138. The minimum atomic E-state index is -4.54. The molecule has 0 bridgehead atoms. The number of carbonyl (C=O) groups is 1. The standard InChI is InChI=1S/C12H11F3O3/c13-12(14,15)9-4-2-1-3-8(9)10(16)7-11-17-5-6-18-11/h1-4,11H,5-7H2. The fraction of sp³-hybridized carbons (Fsp3) is 0.417. The fourth-order valence-corrected chi connectivity index (χ4v) is 1.76. The van der Waals surface area contributed by atoms with E-state index in [4.69, 9.17) is 9.47 Å². The van der Waals surface area contributed by atoms with Crippen molar-refractivity contribution in [2.24, 2.45) is 0 Å². The van der Waals surface area contributed by atoms with Crippen LogP contribution in [0.3, 0.4) is 0 Å². The Morgan fingerprint density at radius 2 is 1.83 bits per heavy atom. The zero-order chi connectivity index (χ0) is 13.2. The van der Waals surface area contributed by atoms with Crippen LogP contribution in [0.5, 0.6) is 0 Å². The highest BCUT2D eigenvalue weighted by Crippen LogP contribution is 2.32. The monoisotopic (exact) mass is 260 g/mol. The van der Waals surface area contributed by atoms with E-state index in [1.54, 1.807) is 0 Å². The van der Waals surface area contributed by atoms with Crippen LogP contribution in [-0.2, 0) is 15.7 Å². The molecule has 1 aliphatic heterocycles. The van der Waals surface area contributed by atoms with Crippen molar-refractivity contribution in [2.45, 2.75) is 18.9 Å². The number of carbonyl (C=O) groups excluding carboxylic acids is 1. The summed E-state index contributed by atoms with van der Waals surface area (Å²) in [6.45, 7) is 0.720. The number of halogens is 3. The van der Waals surface area contributed by atoms with Gasteiger partial charge in [-0.1, -0.05) is 18.2 Å². The van der Waals surface area contributed by atoms with Gasteiger partial charge in [-0.25, -0.2) is 0 Å². The normalized spacial score (nSPS) is 17.1. The average Bonchev–Trinajstić information content (AvgIpc) is 2.80. The van der Waals surface area contributed by atoms with Gasteiger partial charge in [-0.05, 0) is 6.07 Å². The van der Waals surface area contributed by atoms with Gasteiger partial charge in [0.2, 0.25) is 0 Å². The van der Waals surface area contributed by atoms with E-state index in [-0.39, 0.29) is 12.0 Å². The highest BCUT2D eigenvalue weighted by Gasteiger charge is 2.35. The number of rotatable bonds is 3. The molecule has 3 nitrogen and oxygen atoms in total. The third-order valence-corrected chi connectivity index (χ3v) is 2.58. The van der Waals surface area contributed by atoms with Crippen molar-refractivity contribution >= 4 is 5.78 Å². The highest BCUT2D eigenvalue weighted by molar-refractivity contribution is 5.97. The van der Waals surface area contributed by atoms with Crippen LogP contribution in [0, 0.1) is 0 Å². The van der Waals surface area contributed by atoms with E-state index in [1.807, 2.05) is 0 Å². The van der Waals surface area contributed by atoms with Crippen LogP contribution in [0.4, 0.5) is 13.2 Å². The Kier molecular flexibility index (Phi) is 3.68. The first-order valence-corrected chi connectivity index (χ1v) is 5.41. The molecule has 0 spiro atoms. The first kappa shape index (κ1) is 13.0. The summed E-state index contributed by atoms with van der Waals surface area (Å²) < 4.78 is 48.2. The van der Waals surface area contributed by atoms with Crippen LogP contribution in [0.1, 0.15) is 22.3 Å². The third kappa shape index (κ3) is 2.88. The van der Waals surface area contributed by atoms with Crippen LogP contribution in [-0.4, -0.2) is 25.3 Å². The van der Waals surface area contributed by atoms with E-state index in [9.17, 15) is 18.0 Å². The molecule has 0 N–H and O–H groups in total. The summed E-state index contributed by atoms with van der Waals surface area (Å²) in [6, 6.07) is 4.71. The summed E-state index contributed by atoms with van der Waals surface area (Å²) in [7, 11) is 0. The molecule has 1 aromatic carbocycles.